The summed E-state index contributed by atoms with van der Waals surface area (Å²) in [6.07, 6.45) is -0.981. The number of carbonyl (C=O) groups is 1. The van der Waals surface area contributed by atoms with Crippen molar-refractivity contribution < 1.29 is 24.4 Å². The Labute approximate surface area is 83.9 Å². The van der Waals surface area contributed by atoms with Crippen LogP contribution in [0.1, 0.15) is 34.1 Å². The molecule has 1 unspecified atom stereocenters. The Morgan fingerprint density at radius 1 is 1.43 bits per heavy atom. The number of hydrogen-bond donors (Lipinski definition) is 1. The van der Waals surface area contributed by atoms with Crippen LogP contribution in [-0.2, 0) is 14.5 Å². The molecule has 1 atom stereocenters. The van der Waals surface area contributed by atoms with Crippen LogP contribution >= 0.6 is 0 Å². The largest absolute Gasteiger partial charge is 0.505 e. The van der Waals surface area contributed by atoms with Crippen LogP contribution in [0.5, 0.6) is 0 Å². The quantitative estimate of drug-likeness (QED) is 0.424. The van der Waals surface area contributed by atoms with Crippen LogP contribution in [0.4, 0.5) is 4.79 Å². The van der Waals surface area contributed by atoms with E-state index in [-0.39, 0.29) is 18.3 Å². The maximum absolute atomic E-state index is 10.0. The molecule has 0 aromatic rings. The minimum atomic E-state index is -1.27. The van der Waals surface area contributed by atoms with Gasteiger partial charge in [-0.3, -0.25) is 0 Å². The molecule has 5 nitrogen and oxygen atoms in total. The summed E-state index contributed by atoms with van der Waals surface area (Å²) in [6.45, 7) is 7.51. The SMILES string of the molecule is CC(CCOC(=O)O)OOC(C)(C)C. The van der Waals surface area contributed by atoms with Gasteiger partial charge in [-0.25, -0.2) is 14.6 Å². The topological polar surface area (TPSA) is 65.0 Å². The molecule has 0 rings (SSSR count). The van der Waals surface area contributed by atoms with Gasteiger partial charge < -0.3 is 9.84 Å². The minimum absolute atomic E-state index is 0.115. The van der Waals surface area contributed by atoms with Gasteiger partial charge in [-0.15, -0.1) is 0 Å². The van der Waals surface area contributed by atoms with Crippen LogP contribution < -0.4 is 0 Å². The van der Waals surface area contributed by atoms with Gasteiger partial charge in [0.15, 0.2) is 0 Å². The average molecular weight is 206 g/mol. The van der Waals surface area contributed by atoms with Gasteiger partial charge in [-0.1, -0.05) is 0 Å². The third-order valence-electron chi connectivity index (χ3n) is 1.21. The zero-order valence-corrected chi connectivity index (χ0v) is 9.07. The molecule has 84 valence electrons. The first kappa shape index (κ1) is 13.2. The van der Waals surface area contributed by atoms with E-state index < -0.39 is 6.16 Å². The van der Waals surface area contributed by atoms with Crippen molar-refractivity contribution in [2.45, 2.75) is 45.8 Å². The zero-order chi connectivity index (χ0) is 11.2. The van der Waals surface area contributed by atoms with Crippen LogP contribution in [0.3, 0.4) is 0 Å². The van der Waals surface area contributed by atoms with Gasteiger partial charge in [0.2, 0.25) is 0 Å². The Hall–Kier alpha value is -0.810. The van der Waals surface area contributed by atoms with E-state index in [4.69, 9.17) is 14.9 Å². The minimum Gasteiger partial charge on any atom is -0.450 e. The van der Waals surface area contributed by atoms with Crippen LogP contribution in [-0.4, -0.2) is 29.6 Å². The first-order valence-electron chi connectivity index (χ1n) is 4.51. The van der Waals surface area contributed by atoms with E-state index in [0.717, 1.165) is 0 Å². The molecule has 0 aliphatic carbocycles. The molecule has 0 radical (unpaired) electrons. The average Bonchev–Trinajstić information content (AvgIpc) is 1.99. The lowest BCUT2D eigenvalue weighted by Gasteiger charge is -2.20. The van der Waals surface area contributed by atoms with Gasteiger partial charge in [0.05, 0.1) is 18.3 Å². The lowest BCUT2D eigenvalue weighted by molar-refractivity contribution is -0.371. The van der Waals surface area contributed by atoms with Gasteiger partial charge >= 0.3 is 6.16 Å². The molecule has 0 fully saturated rings. The molecule has 0 saturated carbocycles. The maximum atomic E-state index is 10.0. The summed E-state index contributed by atoms with van der Waals surface area (Å²) in [6, 6.07) is 0. The zero-order valence-electron chi connectivity index (χ0n) is 9.07. The first-order chi connectivity index (χ1) is 6.31. The lowest BCUT2D eigenvalue weighted by Crippen LogP contribution is -2.23. The Morgan fingerprint density at radius 3 is 2.43 bits per heavy atom. The van der Waals surface area contributed by atoms with Gasteiger partial charge in [0.1, 0.15) is 0 Å². The van der Waals surface area contributed by atoms with Crippen LogP contribution in [0, 0.1) is 0 Å². The molecule has 14 heavy (non-hydrogen) atoms. The Bertz CT molecular complexity index is 173. The van der Waals surface area contributed by atoms with Gasteiger partial charge in [-0.05, 0) is 27.7 Å². The molecular formula is C9H18O5. The fourth-order valence-electron chi connectivity index (χ4n) is 0.587. The molecule has 0 heterocycles. The lowest BCUT2D eigenvalue weighted by atomic mass is 10.2. The summed E-state index contributed by atoms with van der Waals surface area (Å²) in [5, 5.41) is 8.19. The third-order valence-corrected chi connectivity index (χ3v) is 1.21. The molecule has 1 N–H and O–H groups in total. The predicted molar refractivity (Wildman–Crippen MR) is 50.0 cm³/mol. The molecule has 0 spiro atoms. The molecule has 0 aromatic carbocycles. The predicted octanol–water partition coefficient (Wildman–Crippen LogP) is 2.21. The van der Waals surface area contributed by atoms with Gasteiger partial charge in [0.25, 0.3) is 0 Å². The summed E-state index contributed by atoms with van der Waals surface area (Å²) in [5.41, 5.74) is -0.359. The van der Waals surface area contributed by atoms with E-state index >= 15 is 0 Å². The maximum Gasteiger partial charge on any atom is 0.505 e. The van der Waals surface area contributed by atoms with Crippen molar-refractivity contribution in [3.05, 3.63) is 0 Å². The Morgan fingerprint density at radius 2 is 2.00 bits per heavy atom. The van der Waals surface area contributed by atoms with Crippen LogP contribution in [0.25, 0.3) is 0 Å². The second-order valence-electron chi connectivity index (χ2n) is 4.01. The van der Waals surface area contributed by atoms with Crippen molar-refractivity contribution in [2.24, 2.45) is 0 Å². The molecular weight excluding hydrogens is 188 g/mol. The summed E-state index contributed by atoms with van der Waals surface area (Å²) >= 11 is 0. The van der Waals surface area contributed by atoms with Crippen molar-refractivity contribution in [2.75, 3.05) is 6.61 Å². The van der Waals surface area contributed by atoms with E-state index in [1.165, 1.54) is 0 Å². The van der Waals surface area contributed by atoms with E-state index in [9.17, 15) is 4.79 Å². The molecule has 0 aliphatic rings. The normalized spacial score (nSPS) is 13.7. The first-order valence-corrected chi connectivity index (χ1v) is 4.51. The molecule has 0 saturated heterocycles. The fourth-order valence-corrected chi connectivity index (χ4v) is 0.587. The number of carboxylic acid groups (broad SMARTS) is 1. The monoisotopic (exact) mass is 206 g/mol. The molecule has 0 aromatic heterocycles. The Balaban J connectivity index is 3.46. The summed E-state index contributed by atoms with van der Waals surface area (Å²) in [5.74, 6) is 0. The fraction of sp³-hybridized carbons (Fsp3) is 0.889. The van der Waals surface area contributed by atoms with Crippen molar-refractivity contribution in [3.8, 4) is 0 Å². The second kappa shape index (κ2) is 5.82. The second-order valence-corrected chi connectivity index (χ2v) is 4.01. The van der Waals surface area contributed by atoms with E-state index in [2.05, 4.69) is 4.74 Å². The van der Waals surface area contributed by atoms with Crippen molar-refractivity contribution in [1.82, 2.24) is 0 Å². The molecule has 0 aliphatic heterocycles. The Kier molecular flexibility index (Phi) is 5.49. The molecule has 0 bridgehead atoms. The highest BCUT2D eigenvalue weighted by molar-refractivity contribution is 5.56. The number of ether oxygens (including phenoxy) is 1. The van der Waals surface area contributed by atoms with Gasteiger partial charge in [0, 0.05) is 6.42 Å². The van der Waals surface area contributed by atoms with Crippen molar-refractivity contribution >= 4 is 6.16 Å². The van der Waals surface area contributed by atoms with E-state index in [0.29, 0.717) is 6.42 Å². The van der Waals surface area contributed by atoms with E-state index in [1.54, 1.807) is 6.92 Å². The highest BCUT2D eigenvalue weighted by atomic mass is 17.2. The van der Waals surface area contributed by atoms with Crippen molar-refractivity contribution in [1.29, 1.82) is 0 Å². The standard InChI is InChI=1S/C9H18O5/c1-7(5-6-12-8(10)11)13-14-9(2,3)4/h7H,5-6H2,1-4H3,(H,10,11). The highest BCUT2D eigenvalue weighted by Gasteiger charge is 2.14. The number of hydrogen-bond acceptors (Lipinski definition) is 4. The molecule has 5 heteroatoms. The third kappa shape index (κ3) is 9.28. The van der Waals surface area contributed by atoms with Crippen LogP contribution in [0.2, 0.25) is 0 Å². The van der Waals surface area contributed by atoms with E-state index in [1.807, 2.05) is 20.8 Å². The number of rotatable bonds is 5. The van der Waals surface area contributed by atoms with Crippen molar-refractivity contribution in [3.63, 3.8) is 0 Å². The molecule has 0 amide bonds. The smallest absolute Gasteiger partial charge is 0.450 e. The summed E-state index contributed by atoms with van der Waals surface area (Å²) in [4.78, 5) is 20.1. The highest BCUT2D eigenvalue weighted by Crippen LogP contribution is 2.10. The summed E-state index contributed by atoms with van der Waals surface area (Å²) < 4.78 is 4.33. The van der Waals surface area contributed by atoms with Gasteiger partial charge in [-0.2, -0.15) is 0 Å². The summed E-state index contributed by atoms with van der Waals surface area (Å²) in [7, 11) is 0. The van der Waals surface area contributed by atoms with Crippen LogP contribution in [0.15, 0.2) is 0 Å².